The van der Waals surface area contributed by atoms with Crippen LogP contribution in [-0.4, -0.2) is 36.5 Å². The summed E-state index contributed by atoms with van der Waals surface area (Å²) < 4.78 is 0. The molecule has 2 bridgehead atoms. The van der Waals surface area contributed by atoms with Gasteiger partial charge in [-0.25, -0.2) is 0 Å². The van der Waals surface area contributed by atoms with Gasteiger partial charge >= 0.3 is 0 Å². The molecule has 3 heteroatoms. The molecule has 20 heavy (non-hydrogen) atoms. The van der Waals surface area contributed by atoms with Gasteiger partial charge < -0.3 is 9.80 Å². The van der Waals surface area contributed by atoms with Gasteiger partial charge in [0.1, 0.15) is 0 Å². The van der Waals surface area contributed by atoms with E-state index < -0.39 is 0 Å². The molecule has 108 valence electrons. The molecule has 0 aromatic heterocycles. The number of para-hydroxylation sites is 1. The standard InChI is InChI=1S/C17H24N2O/c1-3-17(20)19(14-7-5-4-6-8-14)16-11-13-9-10-15(16)18(2)12-13/h4-8,13,15-16H,3,9-12H2,1-2H3/t13-,15-,16-/m1/s1. The SMILES string of the molecule is CCC(=O)N(c1ccccc1)[C@@H]1C[C@H]2CC[C@H]1N(C)C2. The number of piperidine rings is 2. The highest BCUT2D eigenvalue weighted by Gasteiger charge is 2.43. The van der Waals surface area contributed by atoms with Gasteiger partial charge in [0.25, 0.3) is 0 Å². The van der Waals surface area contributed by atoms with Crippen LogP contribution in [0.4, 0.5) is 5.69 Å². The first-order valence-electron chi connectivity index (χ1n) is 7.78. The highest BCUT2D eigenvalue weighted by molar-refractivity contribution is 5.93. The van der Waals surface area contributed by atoms with Crippen LogP contribution < -0.4 is 4.90 Å². The monoisotopic (exact) mass is 272 g/mol. The number of benzene rings is 1. The number of hydrogen-bond donors (Lipinski definition) is 0. The average Bonchev–Trinajstić information content (AvgIpc) is 2.48. The van der Waals surface area contributed by atoms with Crippen LogP contribution >= 0.6 is 0 Å². The smallest absolute Gasteiger partial charge is 0.227 e. The third kappa shape index (κ3) is 2.35. The Morgan fingerprint density at radius 2 is 2.05 bits per heavy atom. The molecule has 3 aliphatic rings. The fourth-order valence-electron chi connectivity index (χ4n) is 3.99. The maximum atomic E-state index is 12.5. The van der Waals surface area contributed by atoms with Gasteiger partial charge in [-0.05, 0) is 44.4 Å². The van der Waals surface area contributed by atoms with Crippen LogP contribution in [0.3, 0.4) is 0 Å². The second-order valence-electron chi connectivity index (χ2n) is 6.21. The molecule has 1 amide bonds. The highest BCUT2D eigenvalue weighted by atomic mass is 16.2. The van der Waals surface area contributed by atoms with Crippen LogP contribution in [-0.2, 0) is 4.79 Å². The van der Waals surface area contributed by atoms with Crippen molar-refractivity contribution in [3.63, 3.8) is 0 Å². The second-order valence-corrected chi connectivity index (χ2v) is 6.21. The lowest BCUT2D eigenvalue weighted by Crippen LogP contribution is -2.61. The molecule has 3 nitrogen and oxygen atoms in total. The van der Waals surface area contributed by atoms with E-state index in [1.807, 2.05) is 25.1 Å². The number of nitrogens with zero attached hydrogens (tertiary/aromatic N) is 2. The molecule has 0 spiro atoms. The molecule has 1 aliphatic carbocycles. The van der Waals surface area contributed by atoms with Gasteiger partial charge in [-0.1, -0.05) is 25.1 Å². The van der Waals surface area contributed by atoms with Crippen molar-refractivity contribution in [3.05, 3.63) is 30.3 Å². The lowest BCUT2D eigenvalue weighted by Gasteiger charge is -2.52. The van der Waals surface area contributed by atoms with Crippen LogP contribution in [0.15, 0.2) is 30.3 Å². The Balaban J connectivity index is 1.92. The molecule has 3 atom stereocenters. The van der Waals surface area contributed by atoms with Gasteiger partial charge in [-0.3, -0.25) is 4.79 Å². The molecule has 0 unspecified atom stereocenters. The summed E-state index contributed by atoms with van der Waals surface area (Å²) in [5.41, 5.74) is 1.06. The molecule has 4 rings (SSSR count). The second kappa shape index (κ2) is 5.57. The Morgan fingerprint density at radius 3 is 2.65 bits per heavy atom. The molecule has 1 aromatic rings. The predicted molar refractivity (Wildman–Crippen MR) is 81.8 cm³/mol. The third-order valence-corrected chi connectivity index (χ3v) is 4.94. The zero-order valence-electron chi connectivity index (χ0n) is 12.5. The Labute approximate surface area is 121 Å². The lowest BCUT2D eigenvalue weighted by molar-refractivity contribution is -0.119. The lowest BCUT2D eigenvalue weighted by atomic mass is 9.76. The Morgan fingerprint density at radius 1 is 1.30 bits per heavy atom. The number of rotatable bonds is 3. The van der Waals surface area contributed by atoms with Crippen molar-refractivity contribution in [1.82, 2.24) is 4.90 Å². The summed E-state index contributed by atoms with van der Waals surface area (Å²) in [6.07, 6.45) is 4.29. The van der Waals surface area contributed by atoms with E-state index in [-0.39, 0.29) is 5.91 Å². The number of fused-ring (bicyclic) bond motifs is 3. The van der Waals surface area contributed by atoms with Crippen molar-refractivity contribution < 1.29 is 4.79 Å². The van der Waals surface area contributed by atoms with Gasteiger partial charge in [-0.15, -0.1) is 0 Å². The van der Waals surface area contributed by atoms with Gasteiger partial charge in [0.15, 0.2) is 0 Å². The van der Waals surface area contributed by atoms with E-state index in [0.29, 0.717) is 18.5 Å². The first-order chi connectivity index (χ1) is 9.70. The van der Waals surface area contributed by atoms with E-state index in [4.69, 9.17) is 0 Å². The van der Waals surface area contributed by atoms with Crippen molar-refractivity contribution in [2.75, 3.05) is 18.5 Å². The maximum absolute atomic E-state index is 12.5. The summed E-state index contributed by atoms with van der Waals surface area (Å²) in [6, 6.07) is 11.1. The zero-order valence-corrected chi connectivity index (χ0v) is 12.5. The zero-order chi connectivity index (χ0) is 14.1. The molecule has 2 saturated heterocycles. The van der Waals surface area contributed by atoms with Crippen molar-refractivity contribution in [2.24, 2.45) is 5.92 Å². The van der Waals surface area contributed by atoms with Crippen LogP contribution in [0.1, 0.15) is 32.6 Å². The largest absolute Gasteiger partial charge is 0.308 e. The first kappa shape index (κ1) is 13.6. The van der Waals surface area contributed by atoms with Gasteiger partial charge in [0, 0.05) is 24.7 Å². The minimum Gasteiger partial charge on any atom is -0.308 e. The van der Waals surface area contributed by atoms with E-state index in [9.17, 15) is 4.79 Å². The van der Waals surface area contributed by atoms with E-state index in [1.54, 1.807) is 0 Å². The van der Waals surface area contributed by atoms with E-state index >= 15 is 0 Å². The van der Waals surface area contributed by atoms with Gasteiger partial charge in [0.05, 0.1) is 6.04 Å². The number of hydrogen-bond acceptors (Lipinski definition) is 2. The summed E-state index contributed by atoms with van der Waals surface area (Å²) in [5.74, 6) is 1.01. The van der Waals surface area contributed by atoms with Gasteiger partial charge in [0.2, 0.25) is 5.91 Å². The summed E-state index contributed by atoms with van der Waals surface area (Å²) >= 11 is 0. The minimum atomic E-state index is 0.252. The minimum absolute atomic E-state index is 0.252. The number of carbonyl (C=O) groups excluding carboxylic acids is 1. The molecule has 0 N–H and O–H groups in total. The fraction of sp³-hybridized carbons (Fsp3) is 0.588. The topological polar surface area (TPSA) is 23.6 Å². The molecular formula is C17H24N2O. The number of likely N-dealkylation sites (N-methyl/N-ethyl adjacent to an activating group) is 1. The molecule has 1 saturated carbocycles. The van der Waals surface area contributed by atoms with Crippen molar-refractivity contribution in [1.29, 1.82) is 0 Å². The van der Waals surface area contributed by atoms with E-state index in [1.165, 1.54) is 19.4 Å². The highest BCUT2D eigenvalue weighted by Crippen LogP contribution is 2.38. The number of amides is 1. The molecule has 0 radical (unpaired) electrons. The quantitative estimate of drug-likeness (QED) is 0.844. The third-order valence-electron chi connectivity index (χ3n) is 4.94. The van der Waals surface area contributed by atoms with Crippen LogP contribution in [0.25, 0.3) is 0 Å². The summed E-state index contributed by atoms with van der Waals surface area (Å²) in [5, 5.41) is 0. The van der Waals surface area contributed by atoms with Crippen LogP contribution in [0.2, 0.25) is 0 Å². The average molecular weight is 272 g/mol. The summed E-state index contributed by atoms with van der Waals surface area (Å²) in [4.78, 5) is 17.0. The van der Waals surface area contributed by atoms with Crippen molar-refractivity contribution >= 4 is 11.6 Å². The first-order valence-corrected chi connectivity index (χ1v) is 7.78. The normalized spacial score (nSPS) is 29.4. The van der Waals surface area contributed by atoms with Crippen LogP contribution in [0.5, 0.6) is 0 Å². The van der Waals surface area contributed by atoms with Gasteiger partial charge in [-0.2, -0.15) is 0 Å². The molecule has 1 aromatic carbocycles. The van der Waals surface area contributed by atoms with Crippen LogP contribution in [0, 0.1) is 5.92 Å². The van der Waals surface area contributed by atoms with E-state index in [2.05, 4.69) is 29.0 Å². The van der Waals surface area contributed by atoms with E-state index in [0.717, 1.165) is 18.0 Å². The van der Waals surface area contributed by atoms with Crippen molar-refractivity contribution in [2.45, 2.75) is 44.7 Å². The number of carbonyl (C=O) groups is 1. The molecule has 2 aliphatic heterocycles. The van der Waals surface area contributed by atoms with Crippen molar-refractivity contribution in [3.8, 4) is 0 Å². The summed E-state index contributed by atoms with van der Waals surface area (Å²) in [7, 11) is 2.21. The number of anilines is 1. The Bertz CT molecular complexity index is 473. The maximum Gasteiger partial charge on any atom is 0.227 e. The fourth-order valence-corrected chi connectivity index (χ4v) is 3.99. The molecule has 2 heterocycles. The Hall–Kier alpha value is -1.35. The predicted octanol–water partition coefficient (Wildman–Crippen LogP) is 2.91. The summed E-state index contributed by atoms with van der Waals surface area (Å²) in [6.45, 7) is 3.16. The molecule has 3 fully saturated rings. The Kier molecular flexibility index (Phi) is 3.79. The molecular weight excluding hydrogens is 248 g/mol.